The molecule has 3 nitrogen and oxygen atoms in total. The van der Waals surface area contributed by atoms with E-state index in [0.717, 1.165) is 5.56 Å². The number of aryl methyl sites for hydroxylation is 1. The van der Waals surface area contributed by atoms with Crippen LogP contribution in [-0.2, 0) is 0 Å². The van der Waals surface area contributed by atoms with E-state index in [0.29, 0.717) is 0 Å². The van der Waals surface area contributed by atoms with Crippen molar-refractivity contribution in [2.75, 3.05) is 0 Å². The van der Waals surface area contributed by atoms with E-state index in [4.69, 9.17) is 0 Å². The summed E-state index contributed by atoms with van der Waals surface area (Å²) in [7, 11) is 0. The maximum absolute atomic E-state index is 10.2. The monoisotopic (exact) mass is 136 g/mol. The Morgan fingerprint density at radius 3 is 2.80 bits per heavy atom. The van der Waals surface area contributed by atoms with E-state index >= 15 is 0 Å². The summed E-state index contributed by atoms with van der Waals surface area (Å²) < 4.78 is 0. The fraction of sp³-hybridized carbons (Fsp3) is 0.143. The molecule has 0 aliphatic heterocycles. The van der Waals surface area contributed by atoms with Crippen molar-refractivity contribution in [2.24, 2.45) is 0 Å². The molecule has 0 amide bonds. The van der Waals surface area contributed by atoms with Gasteiger partial charge in [-0.1, -0.05) is 0 Å². The minimum Gasteiger partial charge on any atom is -0.543 e. The zero-order valence-electron chi connectivity index (χ0n) is 5.50. The second-order valence-corrected chi connectivity index (χ2v) is 2.01. The predicted molar refractivity (Wildman–Crippen MR) is 33.3 cm³/mol. The molecule has 1 aromatic heterocycles. The molecular formula is C7H6NO2-. The average Bonchev–Trinajstić information content (AvgIpc) is 1.88. The number of hydrogen-bond acceptors (Lipinski definition) is 3. The number of pyridine rings is 1. The van der Waals surface area contributed by atoms with Crippen LogP contribution in [0.15, 0.2) is 18.3 Å². The number of rotatable bonds is 1. The summed E-state index contributed by atoms with van der Waals surface area (Å²) in [6.07, 6.45) is 1.44. The Labute approximate surface area is 58.3 Å². The molecule has 1 rings (SSSR count). The first-order valence-electron chi connectivity index (χ1n) is 2.84. The quantitative estimate of drug-likeness (QED) is 0.535. The van der Waals surface area contributed by atoms with Crippen LogP contribution in [0.1, 0.15) is 16.1 Å². The lowest BCUT2D eigenvalue weighted by Crippen LogP contribution is -2.23. The Hall–Kier alpha value is -1.38. The third-order valence-electron chi connectivity index (χ3n) is 1.12. The molecule has 0 saturated carbocycles. The van der Waals surface area contributed by atoms with E-state index in [9.17, 15) is 9.90 Å². The van der Waals surface area contributed by atoms with Crippen LogP contribution in [-0.4, -0.2) is 11.0 Å². The van der Waals surface area contributed by atoms with Gasteiger partial charge in [0.1, 0.15) is 0 Å². The van der Waals surface area contributed by atoms with Crippen molar-refractivity contribution in [3.8, 4) is 0 Å². The molecule has 0 unspecified atom stereocenters. The van der Waals surface area contributed by atoms with Crippen molar-refractivity contribution in [3.05, 3.63) is 29.6 Å². The summed E-state index contributed by atoms with van der Waals surface area (Å²) in [6.45, 7) is 1.80. The smallest absolute Gasteiger partial charge is 0.0900 e. The van der Waals surface area contributed by atoms with Crippen LogP contribution >= 0.6 is 0 Å². The molecule has 0 aliphatic carbocycles. The molecule has 52 valence electrons. The molecule has 0 aromatic carbocycles. The molecule has 0 fully saturated rings. The van der Waals surface area contributed by atoms with Gasteiger partial charge in [-0.15, -0.1) is 0 Å². The molecule has 0 N–H and O–H groups in total. The topological polar surface area (TPSA) is 53.0 Å². The lowest BCUT2D eigenvalue weighted by Gasteiger charge is -1.99. The van der Waals surface area contributed by atoms with Crippen LogP contribution in [0.3, 0.4) is 0 Å². The SMILES string of the molecule is Cc1ccnc(C(=O)[O-])c1. The number of carboxylic acid groups (broad SMARTS) is 1. The molecule has 0 saturated heterocycles. The normalized spacial score (nSPS) is 9.30. The highest BCUT2D eigenvalue weighted by molar-refractivity contribution is 5.83. The lowest BCUT2D eigenvalue weighted by molar-refractivity contribution is -0.255. The summed E-state index contributed by atoms with van der Waals surface area (Å²) in [5, 5.41) is 10.2. The zero-order valence-corrected chi connectivity index (χ0v) is 5.50. The number of hydrogen-bond donors (Lipinski definition) is 0. The Kier molecular flexibility index (Phi) is 1.67. The Morgan fingerprint density at radius 2 is 2.40 bits per heavy atom. The number of nitrogens with zero attached hydrogens (tertiary/aromatic N) is 1. The number of aromatic nitrogens is 1. The predicted octanol–water partition coefficient (Wildman–Crippen LogP) is -0.246. The molecule has 0 bridgehead atoms. The van der Waals surface area contributed by atoms with E-state index in [2.05, 4.69) is 4.98 Å². The zero-order chi connectivity index (χ0) is 7.56. The van der Waals surface area contributed by atoms with Gasteiger partial charge in [-0.2, -0.15) is 0 Å². The molecule has 0 radical (unpaired) electrons. The van der Waals surface area contributed by atoms with Crippen LogP contribution in [0.2, 0.25) is 0 Å². The molecule has 0 atom stereocenters. The third-order valence-corrected chi connectivity index (χ3v) is 1.12. The van der Waals surface area contributed by atoms with E-state index < -0.39 is 5.97 Å². The van der Waals surface area contributed by atoms with Gasteiger partial charge in [0.15, 0.2) is 0 Å². The van der Waals surface area contributed by atoms with Gasteiger partial charge in [0.05, 0.1) is 11.7 Å². The highest BCUT2D eigenvalue weighted by Crippen LogP contribution is 1.97. The van der Waals surface area contributed by atoms with Crippen molar-refractivity contribution in [3.63, 3.8) is 0 Å². The van der Waals surface area contributed by atoms with Gasteiger partial charge in [-0.25, -0.2) is 0 Å². The van der Waals surface area contributed by atoms with Crippen LogP contribution in [0.4, 0.5) is 0 Å². The maximum Gasteiger partial charge on any atom is 0.0900 e. The maximum atomic E-state index is 10.2. The van der Waals surface area contributed by atoms with Crippen molar-refractivity contribution in [1.82, 2.24) is 4.98 Å². The minimum atomic E-state index is -1.23. The number of aromatic carboxylic acids is 1. The van der Waals surface area contributed by atoms with Crippen molar-refractivity contribution >= 4 is 5.97 Å². The van der Waals surface area contributed by atoms with Gasteiger partial charge < -0.3 is 9.90 Å². The lowest BCUT2D eigenvalue weighted by atomic mass is 10.2. The molecule has 1 aromatic rings. The highest BCUT2D eigenvalue weighted by atomic mass is 16.4. The standard InChI is InChI=1S/C7H7NO2/c1-5-2-3-8-6(4-5)7(9)10/h2-4H,1H3,(H,9,10)/p-1. The van der Waals surface area contributed by atoms with Crippen LogP contribution in [0.5, 0.6) is 0 Å². The Bertz CT molecular complexity index is 258. The van der Waals surface area contributed by atoms with Crippen LogP contribution < -0.4 is 5.11 Å². The van der Waals surface area contributed by atoms with Gasteiger partial charge in [0.25, 0.3) is 0 Å². The summed E-state index contributed by atoms with van der Waals surface area (Å²) in [5.74, 6) is -1.23. The first-order chi connectivity index (χ1) is 4.70. The largest absolute Gasteiger partial charge is 0.543 e. The second kappa shape index (κ2) is 2.47. The second-order valence-electron chi connectivity index (χ2n) is 2.01. The molecule has 0 spiro atoms. The molecule has 0 aliphatic rings. The summed E-state index contributed by atoms with van der Waals surface area (Å²) in [5.41, 5.74) is 0.856. The number of carbonyl (C=O) groups is 1. The summed E-state index contributed by atoms with van der Waals surface area (Å²) >= 11 is 0. The van der Waals surface area contributed by atoms with Gasteiger partial charge in [-0.05, 0) is 24.6 Å². The summed E-state index contributed by atoms with van der Waals surface area (Å²) in [4.78, 5) is 13.8. The van der Waals surface area contributed by atoms with E-state index in [-0.39, 0.29) is 5.69 Å². The Morgan fingerprint density at radius 1 is 1.70 bits per heavy atom. The average molecular weight is 136 g/mol. The third kappa shape index (κ3) is 1.31. The van der Waals surface area contributed by atoms with Gasteiger partial charge in [0.2, 0.25) is 0 Å². The fourth-order valence-corrected chi connectivity index (χ4v) is 0.648. The summed E-state index contributed by atoms with van der Waals surface area (Å²) in [6, 6.07) is 3.20. The molecule has 1 heterocycles. The van der Waals surface area contributed by atoms with Crippen molar-refractivity contribution < 1.29 is 9.90 Å². The molecule has 3 heteroatoms. The first-order valence-corrected chi connectivity index (χ1v) is 2.84. The van der Waals surface area contributed by atoms with Crippen molar-refractivity contribution in [1.29, 1.82) is 0 Å². The molecular weight excluding hydrogens is 130 g/mol. The van der Waals surface area contributed by atoms with Crippen LogP contribution in [0.25, 0.3) is 0 Å². The minimum absolute atomic E-state index is 0.0139. The number of carboxylic acids is 1. The highest BCUT2D eigenvalue weighted by Gasteiger charge is 1.92. The van der Waals surface area contributed by atoms with E-state index in [1.54, 1.807) is 13.0 Å². The van der Waals surface area contributed by atoms with Gasteiger partial charge >= 0.3 is 0 Å². The Balaban J connectivity index is 3.07. The van der Waals surface area contributed by atoms with Gasteiger partial charge in [-0.3, -0.25) is 4.98 Å². The van der Waals surface area contributed by atoms with E-state index in [1.165, 1.54) is 12.3 Å². The fourth-order valence-electron chi connectivity index (χ4n) is 0.648. The van der Waals surface area contributed by atoms with Crippen molar-refractivity contribution in [2.45, 2.75) is 6.92 Å². The van der Waals surface area contributed by atoms with Crippen LogP contribution in [0, 0.1) is 6.92 Å². The van der Waals surface area contributed by atoms with E-state index in [1.807, 2.05) is 0 Å². The first kappa shape index (κ1) is 6.74. The number of carbonyl (C=O) groups excluding carboxylic acids is 1. The molecule has 10 heavy (non-hydrogen) atoms. The van der Waals surface area contributed by atoms with Gasteiger partial charge in [0, 0.05) is 6.20 Å².